The topological polar surface area (TPSA) is 349 Å². The molecular formula is C38H71N13O7. The van der Waals surface area contributed by atoms with Gasteiger partial charge >= 0.3 is 0 Å². The van der Waals surface area contributed by atoms with Crippen molar-refractivity contribution in [2.45, 2.75) is 154 Å². The van der Waals surface area contributed by atoms with Crippen LogP contribution >= 0.6 is 0 Å². The zero-order chi connectivity index (χ0) is 43.9. The number of carbonyl (C=O) groups excluding carboxylic acids is 7. The monoisotopic (exact) mass is 822 g/mol. The third-order valence-corrected chi connectivity index (χ3v) is 9.57. The summed E-state index contributed by atoms with van der Waals surface area (Å²) < 4.78 is 0. The van der Waals surface area contributed by atoms with E-state index < -0.39 is 77.6 Å². The third-order valence-electron chi connectivity index (χ3n) is 9.57. The first-order chi connectivity index (χ1) is 27.3. The molecule has 7 amide bonds. The molecule has 0 aromatic heterocycles. The molecule has 0 spiro atoms. The predicted octanol–water partition coefficient (Wildman–Crippen LogP) is -1.32. The van der Waals surface area contributed by atoms with Gasteiger partial charge in [-0.25, -0.2) is 0 Å². The SMILES string of the molecule is CC(=O)N[C@@H](CCCN=C(N)N)C(=O)N1CCC[C@H]1C(=O)N[C@@H](CCCCC(=N)N)C(=O)N[C@@H](CCCCN)C(=O)N[C@@H](CC(C)C)C(=O)N[C@@H](CC(C)C)C(N)=O. The van der Waals surface area contributed by atoms with E-state index in [1.54, 1.807) is 0 Å². The van der Waals surface area contributed by atoms with Crippen LogP contribution in [0.25, 0.3) is 0 Å². The fraction of sp³-hybridized carbons (Fsp3) is 0.763. The lowest BCUT2D eigenvalue weighted by atomic mass is 9.99. The van der Waals surface area contributed by atoms with Gasteiger partial charge in [-0.15, -0.1) is 0 Å². The molecule has 0 aliphatic carbocycles. The van der Waals surface area contributed by atoms with Crippen LogP contribution in [0.5, 0.6) is 0 Å². The first-order valence-corrected chi connectivity index (χ1v) is 20.4. The molecule has 20 heteroatoms. The van der Waals surface area contributed by atoms with Crippen molar-refractivity contribution in [1.29, 1.82) is 5.41 Å². The Morgan fingerprint density at radius 1 is 0.690 bits per heavy atom. The largest absolute Gasteiger partial charge is 0.388 e. The summed E-state index contributed by atoms with van der Waals surface area (Å²) in [6.45, 7) is 9.64. The molecule has 0 aromatic carbocycles. The molecule has 0 radical (unpaired) electrons. The molecule has 1 heterocycles. The van der Waals surface area contributed by atoms with E-state index in [1.807, 2.05) is 27.7 Å². The number of carbonyl (C=O) groups is 7. The average Bonchev–Trinajstić information content (AvgIpc) is 3.62. The third kappa shape index (κ3) is 19.9. The molecule has 16 N–H and O–H groups in total. The number of primary amides is 1. The number of hydrogen-bond acceptors (Lipinski definition) is 10. The van der Waals surface area contributed by atoms with Gasteiger partial charge in [0.15, 0.2) is 5.96 Å². The molecule has 0 bridgehead atoms. The maximum Gasteiger partial charge on any atom is 0.245 e. The zero-order valence-corrected chi connectivity index (χ0v) is 35.1. The second-order valence-corrected chi connectivity index (χ2v) is 15.9. The molecule has 1 fully saturated rings. The van der Waals surface area contributed by atoms with Crippen LogP contribution in [-0.2, 0) is 33.6 Å². The number of rotatable bonds is 28. The minimum Gasteiger partial charge on any atom is -0.388 e. The second kappa shape index (κ2) is 26.8. The molecule has 1 rings (SSSR count). The Labute approximate surface area is 342 Å². The number of nitrogens with one attached hydrogen (secondary N) is 6. The molecule has 0 aromatic rings. The molecule has 0 saturated carbocycles. The number of nitrogens with zero attached hydrogens (tertiary/aromatic N) is 2. The fourth-order valence-electron chi connectivity index (χ4n) is 6.71. The Hall–Kier alpha value is -5.01. The van der Waals surface area contributed by atoms with Crippen molar-refractivity contribution in [1.82, 2.24) is 31.5 Å². The number of guanidine groups is 1. The molecule has 1 saturated heterocycles. The number of likely N-dealkylation sites (tertiary alicyclic amines) is 1. The quantitative estimate of drug-likeness (QED) is 0.0250. The molecule has 58 heavy (non-hydrogen) atoms. The molecule has 330 valence electrons. The highest BCUT2D eigenvalue weighted by Crippen LogP contribution is 2.21. The summed E-state index contributed by atoms with van der Waals surface area (Å²) in [7, 11) is 0. The van der Waals surface area contributed by atoms with Crippen LogP contribution in [0.4, 0.5) is 0 Å². The highest BCUT2D eigenvalue weighted by atomic mass is 16.2. The number of hydrogen-bond donors (Lipinski definition) is 11. The lowest BCUT2D eigenvalue weighted by Gasteiger charge is -2.30. The summed E-state index contributed by atoms with van der Waals surface area (Å²) >= 11 is 0. The number of nitrogens with two attached hydrogens (primary N) is 5. The highest BCUT2D eigenvalue weighted by molar-refractivity contribution is 5.97. The maximum absolute atomic E-state index is 14.0. The van der Waals surface area contributed by atoms with Crippen LogP contribution in [0, 0.1) is 17.2 Å². The Morgan fingerprint density at radius 2 is 1.21 bits per heavy atom. The van der Waals surface area contributed by atoms with Gasteiger partial charge in [0, 0.05) is 26.4 Å². The molecule has 1 aliphatic heterocycles. The lowest BCUT2D eigenvalue weighted by molar-refractivity contribution is -0.142. The zero-order valence-electron chi connectivity index (χ0n) is 35.1. The van der Waals surface area contributed by atoms with E-state index in [1.165, 1.54) is 11.8 Å². The van der Waals surface area contributed by atoms with Crippen molar-refractivity contribution < 1.29 is 33.6 Å². The van der Waals surface area contributed by atoms with Gasteiger partial charge in [-0.2, -0.15) is 0 Å². The first-order valence-electron chi connectivity index (χ1n) is 20.4. The molecule has 1 aliphatic rings. The Morgan fingerprint density at radius 3 is 1.74 bits per heavy atom. The summed E-state index contributed by atoms with van der Waals surface area (Å²) in [6.07, 6.45) is 4.41. The van der Waals surface area contributed by atoms with Gasteiger partial charge in [0.05, 0.1) is 5.84 Å². The summed E-state index contributed by atoms with van der Waals surface area (Å²) in [5.74, 6) is -4.15. The van der Waals surface area contributed by atoms with Crippen molar-refractivity contribution in [3.05, 3.63) is 0 Å². The Kier molecular flexibility index (Phi) is 23.6. The normalized spacial score (nSPS) is 16.3. The van der Waals surface area contributed by atoms with E-state index in [0.717, 1.165) is 0 Å². The van der Waals surface area contributed by atoms with Gasteiger partial charge in [-0.1, -0.05) is 34.1 Å². The van der Waals surface area contributed by atoms with Crippen LogP contribution < -0.4 is 55.3 Å². The van der Waals surface area contributed by atoms with Crippen molar-refractivity contribution in [2.75, 3.05) is 19.6 Å². The van der Waals surface area contributed by atoms with Gasteiger partial charge in [0.1, 0.15) is 36.3 Å². The lowest BCUT2D eigenvalue weighted by Crippen LogP contribution is -2.59. The van der Waals surface area contributed by atoms with E-state index in [0.29, 0.717) is 57.9 Å². The van der Waals surface area contributed by atoms with Gasteiger partial charge in [0.25, 0.3) is 0 Å². The number of amidine groups is 1. The fourth-order valence-corrected chi connectivity index (χ4v) is 6.71. The molecule has 20 nitrogen and oxygen atoms in total. The van der Waals surface area contributed by atoms with Gasteiger partial charge in [0.2, 0.25) is 41.4 Å². The van der Waals surface area contributed by atoms with Crippen LogP contribution in [0.15, 0.2) is 4.99 Å². The average molecular weight is 822 g/mol. The van der Waals surface area contributed by atoms with E-state index in [4.69, 9.17) is 34.1 Å². The van der Waals surface area contributed by atoms with Crippen molar-refractivity contribution in [3.8, 4) is 0 Å². The van der Waals surface area contributed by atoms with Crippen LogP contribution in [0.3, 0.4) is 0 Å². The van der Waals surface area contributed by atoms with Crippen LogP contribution in [-0.4, -0.2) is 114 Å². The standard InChI is InChI=1S/C38H71N13O7/c1-22(2)20-28(32(42)53)49-35(56)29(21-23(3)4)50-34(55)25(13-8-9-17-39)47-33(54)26(12-6-7-16-31(40)41)48-36(57)30-15-11-19-51(30)37(58)27(46-24(5)52)14-10-18-45-38(43)44/h22-23,25-30H,6-21,39H2,1-5H3,(H3,40,41)(H2,42,53)(H,46,52)(H,47,54)(H,48,57)(H,49,56)(H,50,55)(H4,43,44,45)/t25-,26-,27-,28-,29-,30-/m0/s1. The Bertz CT molecular complexity index is 1420. The van der Waals surface area contributed by atoms with E-state index in [2.05, 4.69) is 31.6 Å². The molecule has 0 unspecified atom stereocenters. The summed E-state index contributed by atoms with van der Waals surface area (Å²) in [4.78, 5) is 98.5. The minimum atomic E-state index is -1.14. The van der Waals surface area contributed by atoms with E-state index >= 15 is 0 Å². The highest BCUT2D eigenvalue weighted by Gasteiger charge is 2.39. The number of unbranched alkanes of at least 4 members (excludes halogenated alkanes) is 2. The first kappa shape index (κ1) is 51.0. The summed E-state index contributed by atoms with van der Waals surface area (Å²) in [5, 5.41) is 21.3. The minimum absolute atomic E-state index is 0.0276. The Balaban J connectivity index is 3.33. The van der Waals surface area contributed by atoms with Gasteiger partial charge < -0.3 is 60.2 Å². The van der Waals surface area contributed by atoms with E-state index in [-0.39, 0.29) is 68.8 Å². The smallest absolute Gasteiger partial charge is 0.245 e. The molecule has 6 atom stereocenters. The van der Waals surface area contributed by atoms with Gasteiger partial charge in [-0.3, -0.25) is 44.0 Å². The second-order valence-electron chi connectivity index (χ2n) is 15.9. The number of aliphatic imine (C=N–C) groups is 1. The summed E-state index contributed by atoms with van der Waals surface area (Å²) in [6, 6.07) is -6.12. The maximum atomic E-state index is 14.0. The van der Waals surface area contributed by atoms with Crippen molar-refractivity contribution in [3.63, 3.8) is 0 Å². The van der Waals surface area contributed by atoms with E-state index in [9.17, 15) is 33.6 Å². The van der Waals surface area contributed by atoms with Crippen LogP contribution in [0.2, 0.25) is 0 Å². The molecular weight excluding hydrogens is 751 g/mol. The summed E-state index contributed by atoms with van der Waals surface area (Å²) in [5.41, 5.74) is 27.6. The van der Waals surface area contributed by atoms with Crippen molar-refractivity contribution in [2.24, 2.45) is 45.5 Å². The predicted molar refractivity (Wildman–Crippen MR) is 221 cm³/mol. The van der Waals surface area contributed by atoms with Gasteiger partial charge in [-0.05, 0) is 89.0 Å². The number of amides is 7. The van der Waals surface area contributed by atoms with Crippen molar-refractivity contribution >= 4 is 53.1 Å². The van der Waals surface area contributed by atoms with Crippen LogP contribution in [0.1, 0.15) is 118 Å².